The Hall–Kier alpha value is -2.05. The van der Waals surface area contributed by atoms with Crippen molar-refractivity contribution in [2.45, 2.75) is 64.6 Å². The fourth-order valence-electron chi connectivity index (χ4n) is 3.94. The standard InChI is InChI=1S/C25H30BrClN2O3/c1-17-8-6-7-9-19(17)15-29(18(2)25(31)28-21-10-4-3-5-11-21)24(30)16-32-23-13-12-20(26)14-22(23)27/h6-9,12-14,18,21H,3-5,10-11,15-16H2,1-2H3,(H,28,31)/t18-/m1/s1. The molecule has 2 aromatic carbocycles. The molecule has 1 atom stereocenters. The monoisotopic (exact) mass is 520 g/mol. The second-order valence-corrected chi connectivity index (χ2v) is 9.65. The third-order valence-corrected chi connectivity index (χ3v) is 6.75. The Labute approximate surface area is 203 Å². The summed E-state index contributed by atoms with van der Waals surface area (Å²) >= 11 is 9.58. The molecular weight excluding hydrogens is 492 g/mol. The fourth-order valence-corrected chi connectivity index (χ4v) is 4.66. The van der Waals surface area contributed by atoms with E-state index in [-0.39, 0.29) is 24.5 Å². The Morgan fingerprint density at radius 1 is 1.19 bits per heavy atom. The summed E-state index contributed by atoms with van der Waals surface area (Å²) in [6.07, 6.45) is 5.47. The van der Waals surface area contributed by atoms with Gasteiger partial charge in [0.15, 0.2) is 6.61 Å². The van der Waals surface area contributed by atoms with E-state index in [1.54, 1.807) is 30.0 Å². The lowest BCUT2D eigenvalue weighted by atomic mass is 9.95. The largest absolute Gasteiger partial charge is 0.482 e. The van der Waals surface area contributed by atoms with E-state index in [4.69, 9.17) is 16.3 Å². The smallest absolute Gasteiger partial charge is 0.261 e. The molecule has 3 rings (SSSR count). The van der Waals surface area contributed by atoms with Crippen molar-refractivity contribution in [3.63, 3.8) is 0 Å². The van der Waals surface area contributed by atoms with Crippen molar-refractivity contribution in [2.75, 3.05) is 6.61 Å². The van der Waals surface area contributed by atoms with E-state index in [0.29, 0.717) is 17.3 Å². The number of nitrogens with zero attached hydrogens (tertiary/aromatic N) is 1. The van der Waals surface area contributed by atoms with Gasteiger partial charge in [0, 0.05) is 17.1 Å². The van der Waals surface area contributed by atoms with Gasteiger partial charge in [-0.15, -0.1) is 0 Å². The molecular formula is C25H30BrClN2O3. The van der Waals surface area contributed by atoms with Crippen LogP contribution in [0.5, 0.6) is 5.75 Å². The van der Waals surface area contributed by atoms with E-state index in [0.717, 1.165) is 41.3 Å². The topological polar surface area (TPSA) is 58.6 Å². The summed E-state index contributed by atoms with van der Waals surface area (Å²) in [6, 6.07) is 12.7. The van der Waals surface area contributed by atoms with Crippen molar-refractivity contribution in [1.29, 1.82) is 0 Å². The van der Waals surface area contributed by atoms with Gasteiger partial charge in [0.2, 0.25) is 5.91 Å². The summed E-state index contributed by atoms with van der Waals surface area (Å²) in [7, 11) is 0. The molecule has 0 heterocycles. The van der Waals surface area contributed by atoms with Crippen LogP contribution >= 0.6 is 27.5 Å². The maximum absolute atomic E-state index is 13.2. The molecule has 0 spiro atoms. The van der Waals surface area contributed by atoms with Gasteiger partial charge in [0.05, 0.1) is 5.02 Å². The van der Waals surface area contributed by atoms with Crippen LogP contribution in [0.2, 0.25) is 5.02 Å². The molecule has 1 aliphatic carbocycles. The molecule has 1 N–H and O–H groups in total. The highest BCUT2D eigenvalue weighted by atomic mass is 79.9. The zero-order chi connectivity index (χ0) is 23.1. The number of ether oxygens (including phenoxy) is 1. The highest BCUT2D eigenvalue weighted by molar-refractivity contribution is 9.10. The number of amides is 2. The van der Waals surface area contributed by atoms with Crippen LogP contribution in [0.3, 0.4) is 0 Å². The molecule has 0 radical (unpaired) electrons. The van der Waals surface area contributed by atoms with Gasteiger partial charge < -0.3 is 15.0 Å². The summed E-state index contributed by atoms with van der Waals surface area (Å²) < 4.78 is 6.54. The quantitative estimate of drug-likeness (QED) is 0.488. The highest BCUT2D eigenvalue weighted by Crippen LogP contribution is 2.28. The normalized spacial score (nSPS) is 15.1. The van der Waals surface area contributed by atoms with Crippen LogP contribution < -0.4 is 10.1 Å². The third kappa shape index (κ3) is 6.72. The molecule has 0 unspecified atom stereocenters. The number of carbonyl (C=O) groups is 2. The van der Waals surface area contributed by atoms with E-state index >= 15 is 0 Å². The molecule has 1 aliphatic rings. The number of rotatable bonds is 8. The van der Waals surface area contributed by atoms with Crippen LogP contribution in [-0.4, -0.2) is 35.4 Å². The zero-order valence-corrected chi connectivity index (χ0v) is 20.9. The van der Waals surface area contributed by atoms with Crippen LogP contribution in [0.1, 0.15) is 50.2 Å². The first-order chi connectivity index (χ1) is 15.3. The lowest BCUT2D eigenvalue weighted by molar-refractivity contribution is -0.142. The Morgan fingerprint density at radius 2 is 1.91 bits per heavy atom. The average Bonchev–Trinajstić information content (AvgIpc) is 2.78. The minimum absolute atomic E-state index is 0.125. The number of benzene rings is 2. The average molecular weight is 522 g/mol. The molecule has 0 aliphatic heterocycles. The van der Waals surface area contributed by atoms with E-state index in [1.165, 1.54) is 6.42 Å². The van der Waals surface area contributed by atoms with Gasteiger partial charge in [-0.05, 0) is 56.0 Å². The summed E-state index contributed by atoms with van der Waals surface area (Å²) in [5.74, 6) is 0.0393. The Balaban J connectivity index is 1.73. The third-order valence-electron chi connectivity index (χ3n) is 5.97. The van der Waals surface area contributed by atoms with Crippen molar-refractivity contribution >= 4 is 39.3 Å². The first-order valence-corrected chi connectivity index (χ1v) is 12.2. The van der Waals surface area contributed by atoms with Crippen LogP contribution in [0.25, 0.3) is 0 Å². The number of carbonyl (C=O) groups excluding carboxylic acids is 2. The molecule has 1 saturated carbocycles. The molecule has 5 nitrogen and oxygen atoms in total. The number of aryl methyl sites for hydroxylation is 1. The minimum atomic E-state index is -0.618. The van der Waals surface area contributed by atoms with Crippen molar-refractivity contribution in [1.82, 2.24) is 10.2 Å². The molecule has 0 saturated heterocycles. The summed E-state index contributed by atoms with van der Waals surface area (Å²) in [5, 5.41) is 3.56. The Morgan fingerprint density at radius 3 is 2.59 bits per heavy atom. The highest BCUT2D eigenvalue weighted by Gasteiger charge is 2.28. The van der Waals surface area contributed by atoms with Gasteiger partial charge in [-0.3, -0.25) is 9.59 Å². The number of halogens is 2. The van der Waals surface area contributed by atoms with Gasteiger partial charge in [-0.1, -0.05) is 71.1 Å². The van der Waals surface area contributed by atoms with Gasteiger partial charge >= 0.3 is 0 Å². The fraction of sp³-hybridized carbons (Fsp3) is 0.440. The molecule has 1 fully saturated rings. The lowest BCUT2D eigenvalue weighted by Gasteiger charge is -2.31. The lowest BCUT2D eigenvalue weighted by Crippen LogP contribution is -2.51. The summed E-state index contributed by atoms with van der Waals surface area (Å²) in [4.78, 5) is 27.8. The predicted octanol–water partition coefficient (Wildman–Crippen LogP) is 5.66. The number of hydrogen-bond acceptors (Lipinski definition) is 3. The predicted molar refractivity (Wildman–Crippen MR) is 131 cm³/mol. The molecule has 32 heavy (non-hydrogen) atoms. The van der Waals surface area contributed by atoms with Crippen molar-refractivity contribution in [3.8, 4) is 5.75 Å². The Kier molecular flexibility index (Phi) is 9.00. The van der Waals surface area contributed by atoms with Crippen molar-refractivity contribution < 1.29 is 14.3 Å². The maximum Gasteiger partial charge on any atom is 0.261 e. The molecule has 172 valence electrons. The Bertz CT molecular complexity index is 947. The minimum Gasteiger partial charge on any atom is -0.482 e. The second-order valence-electron chi connectivity index (χ2n) is 8.33. The molecule has 2 aromatic rings. The van der Waals surface area contributed by atoms with E-state index < -0.39 is 6.04 Å². The molecule has 2 amide bonds. The molecule has 7 heteroatoms. The van der Waals surface area contributed by atoms with E-state index in [2.05, 4.69) is 21.2 Å². The van der Waals surface area contributed by atoms with Crippen molar-refractivity contribution in [2.24, 2.45) is 0 Å². The second kappa shape index (κ2) is 11.7. The number of nitrogens with one attached hydrogen (secondary N) is 1. The summed E-state index contributed by atoms with van der Waals surface area (Å²) in [6.45, 7) is 3.92. The maximum atomic E-state index is 13.2. The van der Waals surface area contributed by atoms with Gasteiger partial charge in [-0.25, -0.2) is 0 Å². The van der Waals surface area contributed by atoms with Crippen molar-refractivity contribution in [3.05, 3.63) is 63.1 Å². The number of hydrogen-bond donors (Lipinski definition) is 1. The first-order valence-electron chi connectivity index (χ1n) is 11.1. The molecule has 0 aromatic heterocycles. The zero-order valence-electron chi connectivity index (χ0n) is 18.6. The van der Waals surface area contributed by atoms with Crippen LogP contribution in [-0.2, 0) is 16.1 Å². The van der Waals surface area contributed by atoms with Gasteiger partial charge in [0.25, 0.3) is 5.91 Å². The van der Waals surface area contributed by atoms with E-state index in [1.807, 2.05) is 31.2 Å². The van der Waals surface area contributed by atoms with Crippen LogP contribution in [0.15, 0.2) is 46.9 Å². The van der Waals surface area contributed by atoms with Crippen LogP contribution in [0, 0.1) is 6.92 Å². The molecule has 0 bridgehead atoms. The van der Waals surface area contributed by atoms with Crippen LogP contribution in [0.4, 0.5) is 0 Å². The first kappa shape index (κ1) is 24.6. The summed E-state index contributed by atoms with van der Waals surface area (Å²) in [5.41, 5.74) is 2.07. The van der Waals surface area contributed by atoms with E-state index in [9.17, 15) is 9.59 Å². The van der Waals surface area contributed by atoms with Gasteiger partial charge in [-0.2, -0.15) is 0 Å². The van der Waals surface area contributed by atoms with Gasteiger partial charge in [0.1, 0.15) is 11.8 Å². The SMILES string of the molecule is Cc1ccccc1CN(C(=O)COc1ccc(Br)cc1Cl)[C@H](C)C(=O)NC1CCCCC1.